The highest BCUT2D eigenvalue weighted by Crippen LogP contribution is 2.19. The van der Waals surface area contributed by atoms with Gasteiger partial charge in [0, 0.05) is 35.9 Å². The first-order valence-corrected chi connectivity index (χ1v) is 10.5. The highest BCUT2D eigenvalue weighted by atomic mass is 35.5. The Morgan fingerprint density at radius 1 is 1.15 bits per heavy atom. The third-order valence-electron chi connectivity index (χ3n) is 5.27. The predicted octanol–water partition coefficient (Wildman–Crippen LogP) is 6.14. The van der Waals surface area contributed by atoms with Crippen LogP contribution in [0, 0.1) is 5.92 Å². The summed E-state index contributed by atoms with van der Waals surface area (Å²) in [6.07, 6.45) is 5.94. The lowest BCUT2D eigenvalue weighted by Gasteiger charge is -2.32. The molecule has 0 unspecified atom stereocenters. The molecule has 1 aromatic heterocycles. The molecule has 27 heavy (non-hydrogen) atoms. The zero-order valence-corrected chi connectivity index (χ0v) is 17.9. The Bertz CT molecular complexity index is 723. The first-order valence-electron chi connectivity index (χ1n) is 10.1. The van der Waals surface area contributed by atoms with Crippen molar-refractivity contribution in [3.8, 4) is 0 Å². The molecule has 2 aromatic rings. The number of aromatic nitrogens is 1. The standard InChI is InChI=1S/C23H33ClN2O/c1-5-6-7-13-23(27)26(19(4)18(2)3)17-22-12-9-14-25(22)16-20-10-8-11-21(24)15-20/h8-12,14-15,18-19H,5-7,13,16-17H2,1-4H3/t19-/m1/s1. The number of unbranched alkanes of at least 4 members (excludes halogenated alkanes) is 2. The monoisotopic (exact) mass is 388 g/mol. The molecule has 0 aliphatic heterocycles. The number of carbonyl (C=O) groups excluding carboxylic acids is 1. The van der Waals surface area contributed by atoms with Gasteiger partial charge in [-0.05, 0) is 49.1 Å². The number of halogens is 1. The molecule has 0 saturated heterocycles. The van der Waals surface area contributed by atoms with Crippen LogP contribution in [-0.4, -0.2) is 21.4 Å². The molecule has 4 heteroatoms. The molecular formula is C23H33ClN2O. The molecule has 1 aromatic carbocycles. The minimum absolute atomic E-state index is 0.216. The summed E-state index contributed by atoms with van der Waals surface area (Å²) < 4.78 is 2.21. The lowest BCUT2D eigenvalue weighted by molar-refractivity contribution is -0.135. The van der Waals surface area contributed by atoms with Crippen LogP contribution in [0.1, 0.15) is 64.6 Å². The molecule has 1 atom stereocenters. The summed E-state index contributed by atoms with van der Waals surface area (Å²) in [4.78, 5) is 15.0. The summed E-state index contributed by atoms with van der Waals surface area (Å²) in [5, 5.41) is 0.752. The van der Waals surface area contributed by atoms with Gasteiger partial charge < -0.3 is 9.47 Å². The van der Waals surface area contributed by atoms with E-state index < -0.39 is 0 Å². The van der Waals surface area contributed by atoms with Crippen molar-refractivity contribution >= 4 is 17.5 Å². The largest absolute Gasteiger partial charge is 0.345 e. The van der Waals surface area contributed by atoms with Gasteiger partial charge in [0.1, 0.15) is 0 Å². The molecule has 0 N–H and O–H groups in total. The molecule has 0 bridgehead atoms. The van der Waals surface area contributed by atoms with Crippen molar-refractivity contribution in [2.75, 3.05) is 0 Å². The Morgan fingerprint density at radius 2 is 1.93 bits per heavy atom. The van der Waals surface area contributed by atoms with Crippen LogP contribution in [0.25, 0.3) is 0 Å². The molecule has 2 rings (SSSR count). The molecule has 1 heterocycles. The van der Waals surface area contributed by atoms with Crippen molar-refractivity contribution in [3.05, 3.63) is 58.9 Å². The normalized spacial score (nSPS) is 12.4. The van der Waals surface area contributed by atoms with E-state index in [9.17, 15) is 4.79 Å². The number of rotatable bonds is 10. The Kier molecular flexibility index (Phi) is 8.43. The number of benzene rings is 1. The number of amides is 1. The minimum atomic E-state index is 0.216. The SMILES string of the molecule is CCCCCC(=O)N(Cc1cccn1Cc1cccc(Cl)c1)[C@H](C)C(C)C. The summed E-state index contributed by atoms with van der Waals surface area (Å²) in [7, 11) is 0. The fourth-order valence-electron chi connectivity index (χ4n) is 3.24. The third kappa shape index (κ3) is 6.42. The van der Waals surface area contributed by atoms with E-state index >= 15 is 0 Å². The van der Waals surface area contributed by atoms with Gasteiger partial charge in [-0.25, -0.2) is 0 Å². The Labute approximate surface area is 169 Å². The fraction of sp³-hybridized carbons (Fsp3) is 0.522. The van der Waals surface area contributed by atoms with Gasteiger partial charge in [-0.1, -0.05) is 57.3 Å². The van der Waals surface area contributed by atoms with Gasteiger partial charge in [0.15, 0.2) is 0 Å². The molecule has 0 aliphatic rings. The maximum Gasteiger partial charge on any atom is 0.223 e. The van der Waals surface area contributed by atoms with Crippen LogP contribution >= 0.6 is 11.6 Å². The van der Waals surface area contributed by atoms with Gasteiger partial charge in [0.25, 0.3) is 0 Å². The maximum absolute atomic E-state index is 12.9. The van der Waals surface area contributed by atoms with Crippen molar-refractivity contribution in [1.82, 2.24) is 9.47 Å². The van der Waals surface area contributed by atoms with E-state index in [1.807, 2.05) is 18.2 Å². The average molecular weight is 389 g/mol. The topological polar surface area (TPSA) is 25.2 Å². The lowest BCUT2D eigenvalue weighted by atomic mass is 10.0. The number of carbonyl (C=O) groups is 1. The second-order valence-electron chi connectivity index (χ2n) is 7.72. The van der Waals surface area contributed by atoms with E-state index in [4.69, 9.17) is 11.6 Å². The predicted molar refractivity (Wildman–Crippen MR) is 114 cm³/mol. The van der Waals surface area contributed by atoms with Gasteiger partial charge >= 0.3 is 0 Å². The Hall–Kier alpha value is -1.74. The minimum Gasteiger partial charge on any atom is -0.345 e. The van der Waals surface area contributed by atoms with Crippen molar-refractivity contribution in [3.63, 3.8) is 0 Å². The van der Waals surface area contributed by atoms with E-state index in [1.165, 1.54) is 0 Å². The molecule has 0 aliphatic carbocycles. The van der Waals surface area contributed by atoms with Crippen LogP contribution in [0.4, 0.5) is 0 Å². The highest BCUT2D eigenvalue weighted by Gasteiger charge is 2.23. The second kappa shape index (κ2) is 10.6. The van der Waals surface area contributed by atoms with Gasteiger partial charge in [-0.2, -0.15) is 0 Å². The molecule has 3 nitrogen and oxygen atoms in total. The number of hydrogen-bond donors (Lipinski definition) is 0. The smallest absolute Gasteiger partial charge is 0.223 e. The van der Waals surface area contributed by atoms with Crippen LogP contribution in [0.15, 0.2) is 42.6 Å². The van der Waals surface area contributed by atoms with Crippen molar-refractivity contribution in [2.45, 2.75) is 72.5 Å². The highest BCUT2D eigenvalue weighted by molar-refractivity contribution is 6.30. The lowest BCUT2D eigenvalue weighted by Crippen LogP contribution is -2.41. The van der Waals surface area contributed by atoms with Crippen molar-refractivity contribution in [1.29, 1.82) is 0 Å². The van der Waals surface area contributed by atoms with Gasteiger partial charge in [0.05, 0.1) is 6.54 Å². The van der Waals surface area contributed by atoms with Crippen LogP contribution in [0.3, 0.4) is 0 Å². The van der Waals surface area contributed by atoms with Crippen LogP contribution < -0.4 is 0 Å². The average Bonchev–Trinajstić information content (AvgIpc) is 3.06. The van der Waals surface area contributed by atoms with Crippen LogP contribution in [0.5, 0.6) is 0 Å². The van der Waals surface area contributed by atoms with Crippen LogP contribution in [-0.2, 0) is 17.9 Å². The summed E-state index contributed by atoms with van der Waals surface area (Å²) in [6, 6.07) is 12.3. The van der Waals surface area contributed by atoms with Gasteiger partial charge in [-0.15, -0.1) is 0 Å². The summed E-state index contributed by atoms with van der Waals surface area (Å²) in [5.41, 5.74) is 2.32. The van der Waals surface area contributed by atoms with E-state index in [1.54, 1.807) is 0 Å². The van der Waals surface area contributed by atoms with Crippen molar-refractivity contribution < 1.29 is 4.79 Å². The molecule has 0 saturated carbocycles. The van der Waals surface area contributed by atoms with E-state index in [-0.39, 0.29) is 11.9 Å². The zero-order chi connectivity index (χ0) is 19.8. The first-order chi connectivity index (χ1) is 12.9. The fourth-order valence-corrected chi connectivity index (χ4v) is 3.46. The summed E-state index contributed by atoms with van der Waals surface area (Å²) in [5.74, 6) is 0.691. The van der Waals surface area contributed by atoms with Gasteiger partial charge in [-0.3, -0.25) is 4.79 Å². The summed E-state index contributed by atoms with van der Waals surface area (Å²) in [6.45, 7) is 10.1. The van der Waals surface area contributed by atoms with E-state index in [0.29, 0.717) is 18.9 Å². The summed E-state index contributed by atoms with van der Waals surface area (Å²) >= 11 is 6.13. The maximum atomic E-state index is 12.9. The molecule has 148 valence electrons. The molecular weight excluding hydrogens is 356 g/mol. The molecule has 0 spiro atoms. The zero-order valence-electron chi connectivity index (χ0n) is 17.1. The second-order valence-corrected chi connectivity index (χ2v) is 8.16. The van der Waals surface area contributed by atoms with E-state index in [2.05, 4.69) is 61.6 Å². The Morgan fingerprint density at radius 3 is 2.59 bits per heavy atom. The molecule has 0 radical (unpaired) electrons. The third-order valence-corrected chi connectivity index (χ3v) is 5.50. The quantitative estimate of drug-likeness (QED) is 0.448. The number of nitrogens with zero attached hydrogens (tertiary/aromatic N) is 2. The van der Waals surface area contributed by atoms with E-state index in [0.717, 1.165) is 42.1 Å². The first kappa shape index (κ1) is 21.6. The van der Waals surface area contributed by atoms with Crippen LogP contribution in [0.2, 0.25) is 5.02 Å². The number of hydrogen-bond acceptors (Lipinski definition) is 1. The van der Waals surface area contributed by atoms with Crippen molar-refractivity contribution in [2.24, 2.45) is 5.92 Å². The molecule has 1 amide bonds. The Balaban J connectivity index is 2.15. The molecule has 0 fully saturated rings. The van der Waals surface area contributed by atoms with Gasteiger partial charge in [0.2, 0.25) is 5.91 Å².